The van der Waals surface area contributed by atoms with Gasteiger partial charge in [-0.2, -0.15) is 0 Å². The van der Waals surface area contributed by atoms with Gasteiger partial charge in [-0.1, -0.05) is 18.2 Å². The third-order valence-corrected chi connectivity index (χ3v) is 5.69. The van der Waals surface area contributed by atoms with Crippen LogP contribution in [0.2, 0.25) is 0 Å². The molecule has 4 rings (SSSR count). The molecule has 2 atom stereocenters. The summed E-state index contributed by atoms with van der Waals surface area (Å²) in [6, 6.07) is 6.51. The van der Waals surface area contributed by atoms with Crippen molar-refractivity contribution in [1.29, 1.82) is 0 Å². The van der Waals surface area contributed by atoms with Crippen LogP contribution in [-0.2, 0) is 11.3 Å². The number of hydrazine groups is 1. The Morgan fingerprint density at radius 1 is 1.36 bits per heavy atom. The summed E-state index contributed by atoms with van der Waals surface area (Å²) < 4.78 is 5.45. The molecule has 5 nitrogen and oxygen atoms in total. The fourth-order valence-corrected chi connectivity index (χ4v) is 4.00. The number of rotatable bonds is 5. The van der Waals surface area contributed by atoms with Crippen molar-refractivity contribution in [3.8, 4) is 5.75 Å². The Kier molecular flexibility index (Phi) is 4.52. The molecule has 2 aliphatic heterocycles. The van der Waals surface area contributed by atoms with Crippen molar-refractivity contribution in [2.75, 3.05) is 26.7 Å². The van der Waals surface area contributed by atoms with Gasteiger partial charge in [-0.05, 0) is 43.4 Å². The highest BCUT2D eigenvalue weighted by Gasteiger charge is 2.38. The molecule has 1 N–H and O–H groups in total. The van der Waals surface area contributed by atoms with Gasteiger partial charge in [0.15, 0.2) is 0 Å². The number of benzene rings is 1. The van der Waals surface area contributed by atoms with Crippen molar-refractivity contribution >= 4 is 5.91 Å². The number of carbonyl (C=O) groups excluding carboxylic acids is 1. The van der Waals surface area contributed by atoms with E-state index in [1.54, 1.807) is 7.11 Å². The average Bonchev–Trinajstić information content (AvgIpc) is 3.46. The van der Waals surface area contributed by atoms with E-state index in [0.717, 1.165) is 55.8 Å². The molecule has 0 aromatic heterocycles. The van der Waals surface area contributed by atoms with Crippen LogP contribution in [0.15, 0.2) is 29.8 Å². The monoisotopic (exact) mass is 341 g/mol. The SMILES string of the molecule is COc1cccc(CN(C(=O)C2=CCN3CC2CCN3)C2CC2)c1C. The summed E-state index contributed by atoms with van der Waals surface area (Å²) in [4.78, 5) is 15.4. The van der Waals surface area contributed by atoms with Gasteiger partial charge in [-0.15, -0.1) is 0 Å². The van der Waals surface area contributed by atoms with E-state index in [1.165, 1.54) is 5.56 Å². The van der Waals surface area contributed by atoms with Crippen molar-refractivity contribution in [2.24, 2.45) is 5.92 Å². The molecule has 1 amide bonds. The molecule has 5 heteroatoms. The standard InChI is InChI=1S/C20H27N3O2/c1-14-15(4-3-5-19(14)25-2)13-23(17-6-7-17)20(24)18-9-11-22-12-16(18)8-10-21-22/h3-5,9,16-17,21H,6-8,10-13H2,1-2H3. The van der Waals surface area contributed by atoms with Gasteiger partial charge in [-0.25, -0.2) is 5.01 Å². The number of hydrogen-bond donors (Lipinski definition) is 1. The normalized spacial score (nSPS) is 25.3. The minimum atomic E-state index is 0.247. The molecule has 1 aliphatic carbocycles. The first-order valence-corrected chi connectivity index (χ1v) is 9.29. The van der Waals surface area contributed by atoms with Gasteiger partial charge in [0.05, 0.1) is 7.11 Å². The topological polar surface area (TPSA) is 44.8 Å². The Hall–Kier alpha value is -1.85. The molecule has 0 radical (unpaired) electrons. The van der Waals surface area contributed by atoms with Gasteiger partial charge in [0.1, 0.15) is 5.75 Å². The summed E-state index contributed by atoms with van der Waals surface area (Å²) in [5.41, 5.74) is 6.73. The zero-order valence-corrected chi connectivity index (χ0v) is 15.1. The quantitative estimate of drug-likeness (QED) is 0.892. The van der Waals surface area contributed by atoms with Crippen LogP contribution < -0.4 is 10.2 Å². The number of ether oxygens (including phenoxy) is 1. The van der Waals surface area contributed by atoms with E-state index in [-0.39, 0.29) is 5.91 Å². The van der Waals surface area contributed by atoms with E-state index < -0.39 is 0 Å². The molecular weight excluding hydrogens is 314 g/mol. The zero-order chi connectivity index (χ0) is 17.4. The summed E-state index contributed by atoms with van der Waals surface area (Å²) in [6.07, 6.45) is 5.43. The first kappa shape index (κ1) is 16.6. The summed E-state index contributed by atoms with van der Waals surface area (Å²) in [6.45, 7) is 5.50. The maximum Gasteiger partial charge on any atom is 0.250 e. The van der Waals surface area contributed by atoms with Gasteiger partial charge >= 0.3 is 0 Å². The van der Waals surface area contributed by atoms with Crippen LogP contribution in [0, 0.1) is 12.8 Å². The lowest BCUT2D eigenvalue weighted by molar-refractivity contribution is -0.129. The number of hydrogen-bond acceptors (Lipinski definition) is 4. The molecule has 2 heterocycles. The predicted molar refractivity (Wildman–Crippen MR) is 97.1 cm³/mol. The summed E-state index contributed by atoms with van der Waals surface area (Å²) in [5, 5.41) is 2.22. The first-order chi connectivity index (χ1) is 12.2. The van der Waals surface area contributed by atoms with E-state index in [1.807, 2.05) is 12.1 Å². The minimum absolute atomic E-state index is 0.247. The van der Waals surface area contributed by atoms with Crippen LogP contribution in [0.5, 0.6) is 5.75 Å². The minimum Gasteiger partial charge on any atom is -0.496 e. The van der Waals surface area contributed by atoms with Crippen LogP contribution in [-0.4, -0.2) is 48.6 Å². The highest BCUT2D eigenvalue weighted by atomic mass is 16.5. The van der Waals surface area contributed by atoms with Crippen LogP contribution in [0.1, 0.15) is 30.4 Å². The second kappa shape index (κ2) is 6.81. The molecule has 1 aromatic carbocycles. The van der Waals surface area contributed by atoms with Crippen molar-refractivity contribution in [3.05, 3.63) is 41.0 Å². The second-order valence-electron chi connectivity index (χ2n) is 7.37. The molecule has 2 unspecified atom stereocenters. The number of nitrogens with one attached hydrogen (secondary N) is 1. The Balaban J connectivity index is 1.57. The molecule has 2 bridgehead atoms. The van der Waals surface area contributed by atoms with Gasteiger partial charge in [0.25, 0.3) is 0 Å². The molecule has 2 fully saturated rings. The predicted octanol–water partition coefficient (Wildman–Crippen LogP) is 2.26. The Morgan fingerprint density at radius 2 is 2.20 bits per heavy atom. The van der Waals surface area contributed by atoms with Crippen LogP contribution in [0.4, 0.5) is 0 Å². The van der Waals surface area contributed by atoms with Gasteiger partial charge in [-0.3, -0.25) is 10.2 Å². The molecule has 3 aliphatic rings. The molecular formula is C20H27N3O2. The molecule has 1 aromatic rings. The smallest absolute Gasteiger partial charge is 0.250 e. The summed E-state index contributed by atoms with van der Waals surface area (Å²) >= 11 is 0. The number of amides is 1. The molecule has 1 saturated carbocycles. The lowest BCUT2D eigenvalue weighted by Gasteiger charge is -2.39. The highest BCUT2D eigenvalue weighted by Crippen LogP contribution is 2.34. The van der Waals surface area contributed by atoms with E-state index >= 15 is 0 Å². The van der Waals surface area contributed by atoms with E-state index in [0.29, 0.717) is 18.5 Å². The number of carbonyl (C=O) groups is 1. The summed E-state index contributed by atoms with van der Waals surface area (Å²) in [7, 11) is 1.70. The first-order valence-electron chi connectivity index (χ1n) is 9.29. The maximum absolute atomic E-state index is 13.3. The van der Waals surface area contributed by atoms with Crippen molar-refractivity contribution < 1.29 is 9.53 Å². The van der Waals surface area contributed by atoms with E-state index in [4.69, 9.17) is 4.74 Å². The third-order valence-electron chi connectivity index (χ3n) is 5.69. The molecule has 134 valence electrons. The number of methoxy groups -OCH3 is 1. The zero-order valence-electron chi connectivity index (χ0n) is 15.1. The third kappa shape index (κ3) is 3.31. The Morgan fingerprint density at radius 3 is 2.96 bits per heavy atom. The van der Waals surface area contributed by atoms with Crippen LogP contribution >= 0.6 is 0 Å². The van der Waals surface area contributed by atoms with Crippen LogP contribution in [0.25, 0.3) is 0 Å². The lowest BCUT2D eigenvalue weighted by Crippen LogP contribution is -2.52. The van der Waals surface area contributed by atoms with Gasteiger partial charge in [0.2, 0.25) is 5.91 Å². The Labute approximate surface area is 149 Å². The fraction of sp³-hybridized carbons (Fsp3) is 0.550. The highest BCUT2D eigenvalue weighted by molar-refractivity contribution is 5.94. The van der Waals surface area contributed by atoms with Gasteiger partial charge < -0.3 is 9.64 Å². The molecule has 0 spiro atoms. The van der Waals surface area contributed by atoms with Gasteiger partial charge in [0, 0.05) is 43.7 Å². The maximum atomic E-state index is 13.3. The van der Waals surface area contributed by atoms with Crippen molar-refractivity contribution in [3.63, 3.8) is 0 Å². The van der Waals surface area contributed by atoms with Crippen molar-refractivity contribution in [1.82, 2.24) is 15.3 Å². The lowest BCUT2D eigenvalue weighted by atomic mass is 9.89. The van der Waals surface area contributed by atoms with E-state index in [9.17, 15) is 4.79 Å². The number of fused-ring (bicyclic) bond motifs is 2. The molecule has 1 saturated heterocycles. The number of nitrogens with zero attached hydrogens (tertiary/aromatic N) is 2. The molecule has 25 heavy (non-hydrogen) atoms. The average molecular weight is 341 g/mol. The Bertz CT molecular complexity index is 696. The largest absolute Gasteiger partial charge is 0.496 e. The second-order valence-corrected chi connectivity index (χ2v) is 7.37. The summed E-state index contributed by atoms with van der Waals surface area (Å²) in [5.74, 6) is 1.51. The van der Waals surface area contributed by atoms with Crippen LogP contribution in [0.3, 0.4) is 0 Å². The van der Waals surface area contributed by atoms with Crippen molar-refractivity contribution in [2.45, 2.75) is 38.8 Å². The fourth-order valence-electron chi connectivity index (χ4n) is 4.00. The van der Waals surface area contributed by atoms with E-state index in [2.05, 4.69) is 34.4 Å².